The van der Waals surface area contributed by atoms with Gasteiger partial charge in [-0.15, -0.1) is 0 Å². The molecule has 0 saturated heterocycles. The number of ether oxygens (including phenoxy) is 4. The first-order chi connectivity index (χ1) is 38.6. The van der Waals surface area contributed by atoms with E-state index in [-0.39, 0.29) is 32.2 Å². The highest BCUT2D eigenvalue weighted by Gasteiger charge is 2.25. The van der Waals surface area contributed by atoms with E-state index in [9.17, 15) is 19.5 Å². The fraction of sp³-hybridized carbons (Fsp3) is 0.729. The van der Waals surface area contributed by atoms with E-state index in [1.165, 1.54) is 141 Å². The molecule has 0 spiro atoms. The molecule has 9 nitrogen and oxygen atoms in total. The third-order valence-corrected chi connectivity index (χ3v) is 13.9. The highest BCUT2D eigenvalue weighted by Crippen LogP contribution is 2.17. The average Bonchev–Trinajstić information content (AvgIpc) is 3.42. The van der Waals surface area contributed by atoms with Gasteiger partial charge >= 0.3 is 17.9 Å². The summed E-state index contributed by atoms with van der Waals surface area (Å²) in [5.41, 5.74) is 0. The van der Waals surface area contributed by atoms with Crippen LogP contribution < -0.4 is 0 Å². The Labute approximate surface area is 486 Å². The Balaban J connectivity index is 4.25. The predicted molar refractivity (Wildman–Crippen MR) is 336 cm³/mol. The second-order valence-corrected chi connectivity index (χ2v) is 22.7. The second-order valence-electron chi connectivity index (χ2n) is 22.7. The zero-order chi connectivity index (χ0) is 57.6. The minimum atomic E-state index is -1.52. The van der Waals surface area contributed by atoms with Crippen LogP contribution in [-0.2, 0) is 33.3 Å². The van der Waals surface area contributed by atoms with Gasteiger partial charge in [0.05, 0.1) is 34.4 Å². The maximum absolute atomic E-state index is 12.9. The fourth-order valence-electron chi connectivity index (χ4n) is 8.91. The number of carboxylic acids is 1. The first-order valence-electron chi connectivity index (χ1n) is 32.4. The lowest BCUT2D eigenvalue weighted by Crippen LogP contribution is -2.40. The lowest BCUT2D eigenvalue weighted by molar-refractivity contribution is -0.870. The number of likely N-dealkylation sites (N-methyl/N-ethyl adjacent to an activating group) is 1. The van der Waals surface area contributed by atoms with Crippen LogP contribution in [0.2, 0.25) is 0 Å². The number of allylic oxidation sites excluding steroid dienone is 16. The fourth-order valence-corrected chi connectivity index (χ4v) is 8.91. The van der Waals surface area contributed by atoms with E-state index in [1.54, 1.807) is 0 Å². The van der Waals surface area contributed by atoms with Gasteiger partial charge in [0.25, 0.3) is 6.29 Å². The third-order valence-electron chi connectivity index (χ3n) is 13.9. The van der Waals surface area contributed by atoms with Gasteiger partial charge in [-0.1, -0.05) is 278 Å². The summed E-state index contributed by atoms with van der Waals surface area (Å²) in [4.78, 5) is 37.5. The van der Waals surface area contributed by atoms with E-state index >= 15 is 0 Å². The van der Waals surface area contributed by atoms with Gasteiger partial charge in [-0.05, 0) is 77.0 Å². The SMILES string of the molecule is CC/C=C\C/C=C\C/C=C\C/C=C\C/C=C\C/C=C\C/C=C\C/C=C\CCCCCCC(=O)OC(COC(=O)CCCCCCCCCCCCCCCCCCCCCCCCCCC)COC(OCC[N+](C)(C)C)C(=O)O. The Bertz CT molecular complexity index is 1620. The van der Waals surface area contributed by atoms with Crippen LogP contribution in [0.1, 0.15) is 271 Å². The molecule has 0 aromatic rings. The first kappa shape index (κ1) is 75.2. The van der Waals surface area contributed by atoms with Crippen LogP contribution in [0, 0.1) is 0 Å². The van der Waals surface area contributed by atoms with Crippen molar-refractivity contribution in [2.75, 3.05) is 47.5 Å². The molecule has 2 unspecified atom stereocenters. The van der Waals surface area contributed by atoms with Crippen molar-refractivity contribution in [3.8, 4) is 0 Å². The summed E-state index contributed by atoms with van der Waals surface area (Å²) >= 11 is 0. The summed E-state index contributed by atoms with van der Waals surface area (Å²) in [7, 11) is 5.96. The lowest BCUT2D eigenvalue weighted by atomic mass is 10.0. The Morgan fingerprint density at radius 2 is 0.722 bits per heavy atom. The zero-order valence-electron chi connectivity index (χ0n) is 51.8. The molecular formula is C70H122NO8+. The van der Waals surface area contributed by atoms with E-state index in [1.807, 2.05) is 21.1 Å². The van der Waals surface area contributed by atoms with E-state index in [4.69, 9.17) is 18.9 Å². The molecule has 0 aromatic carbocycles. The number of carbonyl (C=O) groups excluding carboxylic acids is 2. The van der Waals surface area contributed by atoms with Gasteiger partial charge < -0.3 is 28.5 Å². The van der Waals surface area contributed by atoms with Gasteiger partial charge in [-0.2, -0.15) is 0 Å². The molecule has 2 atom stereocenters. The normalized spacial score (nSPS) is 13.4. The minimum Gasteiger partial charge on any atom is -0.477 e. The van der Waals surface area contributed by atoms with Crippen molar-refractivity contribution in [3.63, 3.8) is 0 Å². The van der Waals surface area contributed by atoms with Crippen LogP contribution >= 0.6 is 0 Å². The first-order valence-corrected chi connectivity index (χ1v) is 32.4. The molecule has 454 valence electrons. The molecule has 79 heavy (non-hydrogen) atoms. The molecule has 0 aliphatic carbocycles. The maximum atomic E-state index is 12.9. The summed E-state index contributed by atoms with van der Waals surface area (Å²) in [6, 6.07) is 0. The van der Waals surface area contributed by atoms with Crippen molar-refractivity contribution in [1.82, 2.24) is 0 Å². The molecule has 9 heteroatoms. The Kier molecular flexibility index (Phi) is 57.4. The lowest BCUT2D eigenvalue weighted by Gasteiger charge is -2.25. The summed E-state index contributed by atoms with van der Waals surface area (Å²) in [5.74, 6) is -2.04. The van der Waals surface area contributed by atoms with Crippen LogP contribution in [0.15, 0.2) is 97.2 Å². The smallest absolute Gasteiger partial charge is 0.361 e. The number of hydrogen-bond donors (Lipinski definition) is 1. The number of carboxylic acid groups (broad SMARTS) is 1. The summed E-state index contributed by atoms with van der Waals surface area (Å²) < 4.78 is 22.9. The van der Waals surface area contributed by atoms with Crippen molar-refractivity contribution >= 4 is 17.9 Å². The molecule has 0 aromatic heterocycles. The Hall–Kier alpha value is -3.79. The van der Waals surface area contributed by atoms with Gasteiger partial charge in [0.15, 0.2) is 6.10 Å². The zero-order valence-corrected chi connectivity index (χ0v) is 51.8. The summed E-state index contributed by atoms with van der Waals surface area (Å²) in [5, 5.41) is 9.73. The largest absolute Gasteiger partial charge is 0.477 e. The molecule has 0 fully saturated rings. The minimum absolute atomic E-state index is 0.179. The quantitative estimate of drug-likeness (QED) is 0.0211. The van der Waals surface area contributed by atoms with Crippen LogP contribution in [0.4, 0.5) is 0 Å². The maximum Gasteiger partial charge on any atom is 0.361 e. The topological polar surface area (TPSA) is 108 Å². The van der Waals surface area contributed by atoms with E-state index in [2.05, 4.69) is 111 Å². The van der Waals surface area contributed by atoms with Gasteiger partial charge in [-0.25, -0.2) is 4.79 Å². The monoisotopic (exact) mass is 1100 g/mol. The van der Waals surface area contributed by atoms with Crippen molar-refractivity contribution < 1.29 is 42.9 Å². The van der Waals surface area contributed by atoms with Crippen LogP contribution in [0.5, 0.6) is 0 Å². The number of unbranched alkanes of at least 4 members (excludes halogenated alkanes) is 28. The predicted octanol–water partition coefficient (Wildman–Crippen LogP) is 19.7. The molecule has 0 saturated carbocycles. The highest BCUT2D eigenvalue weighted by atomic mass is 16.7. The molecule has 0 heterocycles. The Morgan fingerprint density at radius 1 is 0.392 bits per heavy atom. The highest BCUT2D eigenvalue weighted by molar-refractivity contribution is 5.71. The number of rotatable bonds is 59. The molecule has 0 aliphatic heterocycles. The van der Waals surface area contributed by atoms with Gasteiger partial charge in [0, 0.05) is 12.8 Å². The molecule has 0 rings (SSSR count). The molecule has 0 radical (unpaired) electrons. The average molecular weight is 1110 g/mol. The summed E-state index contributed by atoms with van der Waals surface area (Å²) in [6.45, 7) is 4.76. The molecule has 0 bridgehead atoms. The van der Waals surface area contributed by atoms with Gasteiger partial charge in [-0.3, -0.25) is 9.59 Å². The number of hydrogen-bond acceptors (Lipinski definition) is 7. The number of aliphatic carboxylic acids is 1. The van der Waals surface area contributed by atoms with Crippen LogP contribution in [0.3, 0.4) is 0 Å². The third kappa shape index (κ3) is 61.7. The van der Waals surface area contributed by atoms with E-state index in [0.29, 0.717) is 23.9 Å². The molecular weight excluding hydrogens is 983 g/mol. The van der Waals surface area contributed by atoms with Crippen LogP contribution in [0.25, 0.3) is 0 Å². The van der Waals surface area contributed by atoms with Crippen molar-refractivity contribution in [3.05, 3.63) is 97.2 Å². The molecule has 0 aliphatic rings. The standard InChI is InChI=1S/C70H121NO8/c1-6-8-10-12-14-16-18-20-22-24-26-28-30-32-33-34-35-37-39-41-43-45-47-49-51-53-55-57-59-61-68(73)79-66(65-78-70(69(74)75)76-63-62-71(3,4)5)64-77-67(72)60-58-56-54-52-50-48-46-44-42-40-38-36-31-29-27-25-23-21-19-17-15-13-11-9-7-2/h8,10,14,16,20,22,26,28,32-33,35,37,41,43,47,49,66,70H,6-7,9,11-13,15,17-19,21,23-25,27,29-31,34,36,38-40,42,44-46,48,50-65H2,1-5H3/p+1/b10-8-,16-14-,22-20-,28-26-,33-32-,37-35-,43-41-,49-47-. The van der Waals surface area contributed by atoms with E-state index in [0.717, 1.165) is 96.3 Å². The number of nitrogens with zero attached hydrogens (tertiary/aromatic N) is 1. The van der Waals surface area contributed by atoms with Gasteiger partial charge in [0.1, 0.15) is 13.2 Å². The molecule has 1 N–H and O–H groups in total. The second kappa shape index (κ2) is 60.3. The van der Waals surface area contributed by atoms with Crippen LogP contribution in [-0.4, -0.2) is 87.4 Å². The number of esters is 2. The summed E-state index contributed by atoms with van der Waals surface area (Å²) in [6.07, 6.45) is 79.3. The van der Waals surface area contributed by atoms with E-state index < -0.39 is 24.3 Å². The molecule has 0 amide bonds. The van der Waals surface area contributed by atoms with Crippen molar-refractivity contribution in [2.24, 2.45) is 0 Å². The Morgan fingerprint density at radius 3 is 1.08 bits per heavy atom. The van der Waals surface area contributed by atoms with Crippen molar-refractivity contribution in [2.45, 2.75) is 283 Å². The van der Waals surface area contributed by atoms with Gasteiger partial charge in [0.2, 0.25) is 0 Å². The number of quaternary nitrogens is 1. The number of carbonyl (C=O) groups is 3. The van der Waals surface area contributed by atoms with Crippen molar-refractivity contribution in [1.29, 1.82) is 0 Å².